The first-order valence-electron chi connectivity index (χ1n) is 4.60. The lowest BCUT2D eigenvalue weighted by Gasteiger charge is -2.39. The lowest BCUT2D eigenvalue weighted by molar-refractivity contribution is -0.215. The van der Waals surface area contributed by atoms with Crippen LogP contribution in [0.4, 0.5) is 0 Å². The van der Waals surface area contributed by atoms with Crippen molar-refractivity contribution in [1.29, 1.82) is 0 Å². The Hall–Kier alpha value is -1.50. The molecular formula is C7H12N6O3. The third-order valence-corrected chi connectivity index (χ3v) is 2.41. The highest BCUT2D eigenvalue weighted by molar-refractivity contribution is 4.96. The van der Waals surface area contributed by atoms with Gasteiger partial charge < -0.3 is 14.6 Å². The summed E-state index contributed by atoms with van der Waals surface area (Å²) in [7, 11) is 1.37. The van der Waals surface area contributed by atoms with Gasteiger partial charge >= 0.3 is 0 Å². The second-order valence-electron chi connectivity index (χ2n) is 3.33. The summed E-state index contributed by atoms with van der Waals surface area (Å²) in [5.41, 5.74) is 16.7. The van der Waals surface area contributed by atoms with Crippen molar-refractivity contribution in [2.45, 2.75) is 37.5 Å². The third kappa shape index (κ3) is 2.35. The average Bonchev–Trinajstić information content (AvgIpc) is 2.28. The van der Waals surface area contributed by atoms with Gasteiger partial charge in [0.2, 0.25) is 0 Å². The SMILES string of the molecule is CO[C@@H]1O[C@@H](C)[C@@H](N=[N+]=[N-])[C@H](O)[C@H]1N=[N+]=[N-]. The van der Waals surface area contributed by atoms with Crippen LogP contribution in [0.15, 0.2) is 10.2 Å². The summed E-state index contributed by atoms with van der Waals surface area (Å²) in [5.74, 6) is 0. The number of aliphatic hydroxyl groups is 1. The number of methoxy groups -OCH3 is 1. The minimum Gasteiger partial charge on any atom is -0.392 e. The van der Waals surface area contributed by atoms with Crippen molar-refractivity contribution in [3.05, 3.63) is 20.9 Å². The van der Waals surface area contributed by atoms with Gasteiger partial charge in [0.05, 0.1) is 18.2 Å². The highest BCUT2D eigenvalue weighted by Crippen LogP contribution is 2.26. The maximum atomic E-state index is 9.87. The minimum absolute atomic E-state index is 0.513. The van der Waals surface area contributed by atoms with Gasteiger partial charge in [0, 0.05) is 16.9 Å². The van der Waals surface area contributed by atoms with Gasteiger partial charge in [0.1, 0.15) is 6.04 Å². The fraction of sp³-hybridized carbons (Fsp3) is 1.00. The van der Waals surface area contributed by atoms with Crippen LogP contribution in [0, 0.1) is 0 Å². The Bertz CT molecular complexity index is 337. The van der Waals surface area contributed by atoms with Gasteiger partial charge in [-0.15, -0.1) is 0 Å². The Balaban J connectivity index is 2.96. The quantitative estimate of drug-likeness (QED) is 0.439. The van der Waals surface area contributed by atoms with E-state index in [4.69, 9.17) is 20.5 Å². The van der Waals surface area contributed by atoms with Gasteiger partial charge in [-0.2, -0.15) is 0 Å². The van der Waals surface area contributed by atoms with Crippen molar-refractivity contribution in [3.8, 4) is 0 Å². The Morgan fingerprint density at radius 2 is 1.81 bits per heavy atom. The summed E-state index contributed by atoms with van der Waals surface area (Å²) in [6.45, 7) is 1.64. The molecule has 0 aromatic heterocycles. The summed E-state index contributed by atoms with van der Waals surface area (Å²) in [6.07, 6.45) is -2.48. The van der Waals surface area contributed by atoms with Crippen LogP contribution in [-0.2, 0) is 9.47 Å². The molecule has 5 atom stereocenters. The van der Waals surface area contributed by atoms with E-state index in [-0.39, 0.29) is 0 Å². The first-order valence-corrected chi connectivity index (χ1v) is 4.60. The molecule has 1 saturated heterocycles. The summed E-state index contributed by atoms with van der Waals surface area (Å²) in [6, 6.07) is -1.73. The minimum atomic E-state index is -1.12. The molecule has 9 nitrogen and oxygen atoms in total. The van der Waals surface area contributed by atoms with E-state index in [1.807, 2.05) is 0 Å². The zero-order valence-electron chi connectivity index (χ0n) is 8.83. The van der Waals surface area contributed by atoms with E-state index in [0.29, 0.717) is 0 Å². The third-order valence-electron chi connectivity index (χ3n) is 2.41. The van der Waals surface area contributed by atoms with Gasteiger partial charge in [-0.3, -0.25) is 0 Å². The van der Waals surface area contributed by atoms with E-state index >= 15 is 0 Å². The molecule has 0 bridgehead atoms. The molecule has 16 heavy (non-hydrogen) atoms. The van der Waals surface area contributed by atoms with Gasteiger partial charge in [-0.1, -0.05) is 10.2 Å². The lowest BCUT2D eigenvalue weighted by Crippen LogP contribution is -2.55. The zero-order chi connectivity index (χ0) is 12.1. The van der Waals surface area contributed by atoms with Crippen LogP contribution in [0.2, 0.25) is 0 Å². The smallest absolute Gasteiger partial charge is 0.168 e. The fourth-order valence-corrected chi connectivity index (χ4v) is 1.61. The molecule has 88 valence electrons. The standard InChI is InChI=1S/C7H12N6O3/c1-3-4(10-12-8)6(14)5(11-13-9)7(15-2)16-3/h3-7,14H,1-2H3/t3-,4+,5+,6-,7+/m0/s1. The topological polar surface area (TPSA) is 136 Å². The summed E-state index contributed by atoms with van der Waals surface area (Å²) in [5, 5.41) is 16.7. The molecule has 1 aliphatic heterocycles. The second kappa shape index (κ2) is 5.55. The maximum Gasteiger partial charge on any atom is 0.168 e. The number of aliphatic hydroxyl groups excluding tert-OH is 1. The molecule has 0 amide bonds. The highest BCUT2D eigenvalue weighted by atomic mass is 16.7. The number of ether oxygens (including phenoxy) is 2. The Kier molecular flexibility index (Phi) is 4.36. The number of nitrogens with zero attached hydrogens (tertiary/aromatic N) is 6. The van der Waals surface area contributed by atoms with Crippen molar-refractivity contribution in [3.63, 3.8) is 0 Å². The van der Waals surface area contributed by atoms with E-state index in [0.717, 1.165) is 0 Å². The van der Waals surface area contributed by atoms with Crippen molar-refractivity contribution < 1.29 is 14.6 Å². The van der Waals surface area contributed by atoms with Gasteiger partial charge in [0.15, 0.2) is 6.29 Å². The maximum absolute atomic E-state index is 9.87. The number of azide groups is 2. The lowest BCUT2D eigenvalue weighted by atomic mass is 9.96. The molecule has 0 saturated carbocycles. The van der Waals surface area contributed by atoms with Crippen molar-refractivity contribution in [1.82, 2.24) is 0 Å². The van der Waals surface area contributed by atoms with Gasteiger partial charge in [-0.25, -0.2) is 0 Å². The Labute approximate surface area is 91.2 Å². The van der Waals surface area contributed by atoms with E-state index < -0.39 is 30.6 Å². The van der Waals surface area contributed by atoms with Crippen LogP contribution in [-0.4, -0.2) is 42.8 Å². The largest absolute Gasteiger partial charge is 0.392 e. The summed E-state index contributed by atoms with van der Waals surface area (Å²) in [4.78, 5) is 5.21. The fourth-order valence-electron chi connectivity index (χ4n) is 1.61. The van der Waals surface area contributed by atoms with E-state index in [2.05, 4.69) is 20.1 Å². The van der Waals surface area contributed by atoms with Crippen LogP contribution in [0.3, 0.4) is 0 Å². The van der Waals surface area contributed by atoms with Crippen molar-refractivity contribution in [2.24, 2.45) is 10.2 Å². The monoisotopic (exact) mass is 228 g/mol. The molecule has 0 radical (unpaired) electrons. The molecule has 0 spiro atoms. The van der Waals surface area contributed by atoms with Crippen LogP contribution in [0.1, 0.15) is 6.92 Å². The normalized spacial score (nSPS) is 38.3. The number of rotatable bonds is 3. The molecule has 9 heteroatoms. The van der Waals surface area contributed by atoms with Crippen molar-refractivity contribution in [2.75, 3.05) is 7.11 Å². The van der Waals surface area contributed by atoms with Crippen LogP contribution in [0.25, 0.3) is 20.9 Å². The molecule has 1 rings (SSSR count). The van der Waals surface area contributed by atoms with Gasteiger partial charge in [0.25, 0.3) is 0 Å². The van der Waals surface area contributed by atoms with E-state index in [9.17, 15) is 5.11 Å². The predicted octanol–water partition coefficient (Wildman–Crippen LogP) is 1.10. The predicted molar refractivity (Wildman–Crippen MR) is 53.2 cm³/mol. The molecule has 1 aliphatic rings. The number of hydrogen-bond donors (Lipinski definition) is 1. The second-order valence-corrected chi connectivity index (χ2v) is 3.33. The van der Waals surface area contributed by atoms with E-state index in [1.54, 1.807) is 6.92 Å². The molecule has 0 aromatic carbocycles. The molecule has 0 aliphatic carbocycles. The van der Waals surface area contributed by atoms with Crippen LogP contribution < -0.4 is 0 Å². The number of hydrogen-bond acceptors (Lipinski definition) is 5. The highest BCUT2D eigenvalue weighted by Gasteiger charge is 2.42. The van der Waals surface area contributed by atoms with E-state index in [1.165, 1.54) is 7.11 Å². The molecule has 0 aromatic rings. The van der Waals surface area contributed by atoms with Crippen molar-refractivity contribution >= 4 is 0 Å². The molecule has 1 N–H and O–H groups in total. The first kappa shape index (κ1) is 12.6. The molecule has 1 fully saturated rings. The summed E-state index contributed by atoms with van der Waals surface area (Å²) >= 11 is 0. The van der Waals surface area contributed by atoms with Crippen LogP contribution >= 0.6 is 0 Å². The molecular weight excluding hydrogens is 216 g/mol. The van der Waals surface area contributed by atoms with Gasteiger partial charge in [-0.05, 0) is 18.0 Å². The Morgan fingerprint density at radius 3 is 2.31 bits per heavy atom. The zero-order valence-corrected chi connectivity index (χ0v) is 8.83. The molecule has 1 heterocycles. The first-order chi connectivity index (χ1) is 7.65. The Morgan fingerprint density at radius 1 is 1.25 bits per heavy atom. The average molecular weight is 228 g/mol. The van der Waals surface area contributed by atoms with Crippen LogP contribution in [0.5, 0.6) is 0 Å². The summed E-state index contributed by atoms with van der Waals surface area (Å²) < 4.78 is 10.3. The molecule has 0 unspecified atom stereocenters.